The van der Waals surface area contributed by atoms with E-state index in [0.29, 0.717) is 24.0 Å². The second kappa shape index (κ2) is 5.72. The topological polar surface area (TPSA) is 41.5 Å². The number of rotatable bonds is 3. The summed E-state index contributed by atoms with van der Waals surface area (Å²) < 4.78 is 5.74. The zero-order valence-corrected chi connectivity index (χ0v) is 11.4. The van der Waals surface area contributed by atoms with E-state index in [1.807, 2.05) is 18.2 Å². The molecule has 1 aliphatic heterocycles. The number of nitrogens with one attached hydrogen (secondary N) is 1. The Labute approximate surface area is 109 Å². The molecule has 2 rings (SSSR count). The Balaban J connectivity index is 1.96. The van der Waals surface area contributed by atoms with Crippen LogP contribution in [0.3, 0.4) is 0 Å². The molecule has 3 heteroatoms. The van der Waals surface area contributed by atoms with E-state index in [2.05, 4.69) is 26.1 Å². The molecular formula is C15H23NO2. The van der Waals surface area contributed by atoms with Crippen LogP contribution in [0.25, 0.3) is 0 Å². The van der Waals surface area contributed by atoms with Gasteiger partial charge in [0.1, 0.15) is 5.75 Å². The maximum absolute atomic E-state index is 9.50. The summed E-state index contributed by atoms with van der Waals surface area (Å²) in [5, 5.41) is 13.1. The van der Waals surface area contributed by atoms with Crippen molar-refractivity contribution in [1.29, 1.82) is 0 Å². The van der Waals surface area contributed by atoms with Crippen molar-refractivity contribution in [2.75, 3.05) is 0 Å². The molecule has 0 saturated carbocycles. The summed E-state index contributed by atoms with van der Waals surface area (Å²) in [5.74, 6) is 0.329. The lowest BCUT2D eigenvalue weighted by atomic mass is 9.98. The van der Waals surface area contributed by atoms with Crippen LogP contribution in [0.15, 0.2) is 24.3 Å². The molecule has 3 atom stereocenters. The van der Waals surface area contributed by atoms with Gasteiger partial charge in [0.2, 0.25) is 0 Å². The zero-order valence-electron chi connectivity index (χ0n) is 11.4. The van der Waals surface area contributed by atoms with E-state index in [9.17, 15) is 5.11 Å². The standard InChI is InChI=1S/C15H23NO2/c1-10-7-14(8-11(2)18-10)16-12(3)13-5-4-6-15(17)9-13/h4-6,9-12,14,16-17H,7-8H2,1-3H3. The van der Waals surface area contributed by atoms with Gasteiger partial charge < -0.3 is 15.2 Å². The van der Waals surface area contributed by atoms with E-state index in [4.69, 9.17) is 4.74 Å². The highest BCUT2D eigenvalue weighted by molar-refractivity contribution is 5.29. The Hall–Kier alpha value is -1.06. The van der Waals surface area contributed by atoms with Gasteiger partial charge in [-0.2, -0.15) is 0 Å². The molecule has 1 aromatic carbocycles. The largest absolute Gasteiger partial charge is 0.508 e. The van der Waals surface area contributed by atoms with E-state index < -0.39 is 0 Å². The fourth-order valence-electron chi connectivity index (χ4n) is 2.79. The molecule has 0 bridgehead atoms. The number of hydrogen-bond donors (Lipinski definition) is 2. The van der Waals surface area contributed by atoms with Gasteiger partial charge in [0.15, 0.2) is 0 Å². The summed E-state index contributed by atoms with van der Waals surface area (Å²) in [4.78, 5) is 0. The van der Waals surface area contributed by atoms with E-state index >= 15 is 0 Å². The quantitative estimate of drug-likeness (QED) is 0.865. The van der Waals surface area contributed by atoms with Gasteiger partial charge in [-0.25, -0.2) is 0 Å². The first kappa shape index (κ1) is 13.4. The minimum Gasteiger partial charge on any atom is -0.508 e. The van der Waals surface area contributed by atoms with E-state index in [1.54, 1.807) is 6.07 Å². The van der Waals surface area contributed by atoms with Crippen molar-refractivity contribution in [3.63, 3.8) is 0 Å². The lowest BCUT2D eigenvalue weighted by Crippen LogP contribution is -2.42. The monoisotopic (exact) mass is 249 g/mol. The maximum Gasteiger partial charge on any atom is 0.115 e. The van der Waals surface area contributed by atoms with Gasteiger partial charge in [-0.3, -0.25) is 0 Å². The summed E-state index contributed by atoms with van der Waals surface area (Å²) in [6, 6.07) is 8.20. The number of hydrogen-bond acceptors (Lipinski definition) is 3. The SMILES string of the molecule is CC1CC(NC(C)c2cccc(O)c2)CC(C)O1. The predicted molar refractivity (Wildman–Crippen MR) is 72.7 cm³/mol. The third-order valence-corrected chi connectivity index (χ3v) is 3.55. The van der Waals surface area contributed by atoms with Crippen LogP contribution in [0.2, 0.25) is 0 Å². The molecule has 3 nitrogen and oxygen atoms in total. The van der Waals surface area contributed by atoms with Crippen molar-refractivity contribution in [2.24, 2.45) is 0 Å². The average Bonchev–Trinajstić information content (AvgIpc) is 2.27. The highest BCUT2D eigenvalue weighted by Crippen LogP contribution is 2.23. The van der Waals surface area contributed by atoms with Crippen LogP contribution in [0, 0.1) is 0 Å². The molecule has 1 fully saturated rings. The van der Waals surface area contributed by atoms with Gasteiger partial charge in [0.05, 0.1) is 12.2 Å². The third kappa shape index (κ3) is 3.47. The molecule has 0 aliphatic carbocycles. The highest BCUT2D eigenvalue weighted by atomic mass is 16.5. The Bertz CT molecular complexity index is 384. The summed E-state index contributed by atoms with van der Waals surface area (Å²) >= 11 is 0. The Morgan fingerprint density at radius 1 is 1.28 bits per heavy atom. The smallest absolute Gasteiger partial charge is 0.115 e. The van der Waals surface area contributed by atoms with Crippen LogP contribution in [0.5, 0.6) is 5.75 Å². The minimum atomic E-state index is 0.250. The second-order valence-corrected chi connectivity index (χ2v) is 5.41. The first-order valence-electron chi connectivity index (χ1n) is 6.75. The Morgan fingerprint density at radius 3 is 2.56 bits per heavy atom. The maximum atomic E-state index is 9.50. The van der Waals surface area contributed by atoms with Gasteiger partial charge in [0.25, 0.3) is 0 Å². The second-order valence-electron chi connectivity index (χ2n) is 5.41. The summed E-state index contributed by atoms with van der Waals surface area (Å²) in [6.07, 6.45) is 2.74. The molecule has 1 aliphatic rings. The van der Waals surface area contributed by atoms with Crippen LogP contribution < -0.4 is 5.32 Å². The number of ether oxygens (including phenoxy) is 1. The number of benzene rings is 1. The number of phenolic OH excluding ortho intramolecular Hbond substituents is 1. The summed E-state index contributed by atoms with van der Waals surface area (Å²) in [7, 11) is 0. The summed E-state index contributed by atoms with van der Waals surface area (Å²) in [6.45, 7) is 6.40. The van der Waals surface area contributed by atoms with Crippen molar-refractivity contribution in [2.45, 2.75) is 57.9 Å². The molecule has 0 spiro atoms. The Kier molecular flexibility index (Phi) is 4.25. The van der Waals surface area contributed by atoms with Crippen LogP contribution in [-0.2, 0) is 4.74 Å². The fraction of sp³-hybridized carbons (Fsp3) is 0.600. The van der Waals surface area contributed by atoms with Crippen molar-refractivity contribution in [3.8, 4) is 5.75 Å². The third-order valence-electron chi connectivity index (χ3n) is 3.55. The van der Waals surface area contributed by atoms with Crippen molar-refractivity contribution >= 4 is 0 Å². The molecule has 2 N–H and O–H groups in total. The van der Waals surface area contributed by atoms with E-state index in [-0.39, 0.29) is 6.04 Å². The van der Waals surface area contributed by atoms with Gasteiger partial charge >= 0.3 is 0 Å². The normalized spacial score (nSPS) is 30.1. The van der Waals surface area contributed by atoms with Crippen LogP contribution >= 0.6 is 0 Å². The lowest BCUT2D eigenvalue weighted by molar-refractivity contribution is -0.0433. The molecule has 0 amide bonds. The highest BCUT2D eigenvalue weighted by Gasteiger charge is 2.25. The molecule has 18 heavy (non-hydrogen) atoms. The van der Waals surface area contributed by atoms with Crippen LogP contribution in [0.1, 0.15) is 45.2 Å². The minimum absolute atomic E-state index is 0.250. The average molecular weight is 249 g/mol. The molecule has 1 aromatic rings. The molecular weight excluding hydrogens is 226 g/mol. The van der Waals surface area contributed by atoms with Crippen LogP contribution in [0.4, 0.5) is 0 Å². The molecule has 1 heterocycles. The fourth-order valence-corrected chi connectivity index (χ4v) is 2.79. The van der Waals surface area contributed by atoms with Crippen molar-refractivity contribution in [3.05, 3.63) is 29.8 Å². The first-order chi connectivity index (χ1) is 8.54. The molecule has 100 valence electrons. The van der Waals surface area contributed by atoms with Gasteiger partial charge in [-0.1, -0.05) is 12.1 Å². The molecule has 3 unspecified atom stereocenters. The lowest BCUT2D eigenvalue weighted by Gasteiger charge is -2.34. The van der Waals surface area contributed by atoms with Crippen molar-refractivity contribution in [1.82, 2.24) is 5.32 Å². The van der Waals surface area contributed by atoms with Crippen molar-refractivity contribution < 1.29 is 9.84 Å². The van der Waals surface area contributed by atoms with Gasteiger partial charge in [-0.05, 0) is 51.3 Å². The van der Waals surface area contributed by atoms with Gasteiger partial charge in [-0.15, -0.1) is 0 Å². The summed E-state index contributed by atoms with van der Waals surface area (Å²) in [5.41, 5.74) is 1.13. The van der Waals surface area contributed by atoms with E-state index in [0.717, 1.165) is 18.4 Å². The molecule has 1 saturated heterocycles. The van der Waals surface area contributed by atoms with Crippen LogP contribution in [-0.4, -0.2) is 23.4 Å². The number of phenols is 1. The molecule has 0 radical (unpaired) electrons. The zero-order chi connectivity index (χ0) is 13.1. The molecule has 0 aromatic heterocycles. The predicted octanol–water partition coefficient (Wildman–Crippen LogP) is 3.00. The Morgan fingerprint density at radius 2 is 1.94 bits per heavy atom. The van der Waals surface area contributed by atoms with Gasteiger partial charge in [0, 0.05) is 12.1 Å². The van der Waals surface area contributed by atoms with E-state index in [1.165, 1.54) is 0 Å². The number of aromatic hydroxyl groups is 1. The first-order valence-corrected chi connectivity index (χ1v) is 6.75.